The Hall–Kier alpha value is -3.50. The molecule has 2 aromatic carbocycles. The van der Waals surface area contributed by atoms with Gasteiger partial charge in [-0.05, 0) is 60.7 Å². The first kappa shape index (κ1) is 27.7. The lowest BCUT2D eigenvalue weighted by Gasteiger charge is -2.56. The van der Waals surface area contributed by atoms with Crippen LogP contribution >= 0.6 is 0 Å². The lowest BCUT2D eigenvalue weighted by molar-refractivity contribution is -0.159. The smallest absolute Gasteiger partial charge is 0.384 e. The second kappa shape index (κ2) is 10.4. The van der Waals surface area contributed by atoms with Crippen LogP contribution in [0.15, 0.2) is 54.7 Å². The molecule has 2 saturated heterocycles. The van der Waals surface area contributed by atoms with Crippen molar-refractivity contribution in [3.63, 3.8) is 0 Å². The quantitative estimate of drug-likeness (QED) is 0.421. The van der Waals surface area contributed by atoms with Gasteiger partial charge in [0.05, 0.1) is 28.6 Å². The van der Waals surface area contributed by atoms with Crippen molar-refractivity contribution in [3.8, 4) is 0 Å². The summed E-state index contributed by atoms with van der Waals surface area (Å²) in [6, 6.07) is 12.6. The fourth-order valence-corrected chi connectivity index (χ4v) is 7.00. The van der Waals surface area contributed by atoms with Crippen LogP contribution < -0.4 is 10.2 Å². The van der Waals surface area contributed by atoms with Crippen LogP contribution in [0.5, 0.6) is 0 Å². The van der Waals surface area contributed by atoms with Gasteiger partial charge in [-0.3, -0.25) is 24.9 Å². The summed E-state index contributed by atoms with van der Waals surface area (Å²) in [6.45, 7) is 2.07. The zero-order valence-electron chi connectivity index (χ0n) is 22.7. The van der Waals surface area contributed by atoms with E-state index in [1.807, 2.05) is 24.3 Å². The molecule has 1 aliphatic carbocycles. The summed E-state index contributed by atoms with van der Waals surface area (Å²) in [5.41, 5.74) is 0.851. The zero-order chi connectivity index (χ0) is 28.8. The highest BCUT2D eigenvalue weighted by atomic mass is 19.4. The number of hydrogen-bond acceptors (Lipinski definition) is 5. The molecule has 3 fully saturated rings. The van der Waals surface area contributed by atoms with Crippen molar-refractivity contribution in [2.45, 2.75) is 63.3 Å². The third-order valence-corrected chi connectivity index (χ3v) is 9.20. The Labute approximate surface area is 236 Å². The van der Waals surface area contributed by atoms with Crippen molar-refractivity contribution in [1.82, 2.24) is 15.2 Å². The maximum Gasteiger partial charge on any atom is 0.416 e. The minimum absolute atomic E-state index is 0.217. The molecule has 0 bridgehead atoms. The molecule has 3 heterocycles. The molecule has 2 aliphatic heterocycles. The fourth-order valence-electron chi connectivity index (χ4n) is 7.00. The second-order valence-electron chi connectivity index (χ2n) is 11.7. The summed E-state index contributed by atoms with van der Waals surface area (Å²) in [4.78, 5) is 32.3. The maximum absolute atomic E-state index is 13.0. The number of nitrogens with zero attached hydrogens (tertiary/aromatic N) is 3. The number of urea groups is 1. The van der Waals surface area contributed by atoms with Crippen LogP contribution in [0.2, 0.25) is 0 Å². The lowest BCUT2D eigenvalue weighted by atomic mass is 9.58. The number of anilines is 1. The molecule has 1 aromatic heterocycles. The van der Waals surface area contributed by atoms with E-state index in [1.165, 1.54) is 4.90 Å². The second-order valence-corrected chi connectivity index (χ2v) is 11.7. The summed E-state index contributed by atoms with van der Waals surface area (Å²) in [6.07, 6.45) is 2.85. The van der Waals surface area contributed by atoms with Gasteiger partial charge in [-0.25, -0.2) is 4.79 Å². The molecule has 2 N–H and O–H groups in total. The average Bonchev–Trinajstić information content (AvgIpc) is 2.95. The van der Waals surface area contributed by atoms with E-state index in [-0.39, 0.29) is 24.3 Å². The number of rotatable bonds is 4. The van der Waals surface area contributed by atoms with E-state index < -0.39 is 23.4 Å². The predicted octanol–water partition coefficient (Wildman–Crippen LogP) is 5.74. The highest BCUT2D eigenvalue weighted by Crippen LogP contribution is 2.55. The molecule has 3 amide bonds. The standard InChI is InChI=1S/C31H33F3N4O3/c32-31(33,34)23-6-4-21(5-7-23)19-37-15-13-30(41,29(20-37)11-2-1-3-12-29)24-8-9-26-22(16-24)17-25(18-35-26)38-14-10-27(39)36-28(38)40/h4-9,16-18,41H,1-3,10-15,19-20H2,(H,36,39,40). The first-order chi connectivity index (χ1) is 19.6. The number of carbonyl (C=O) groups is 2. The molecular formula is C31H33F3N4O3. The predicted molar refractivity (Wildman–Crippen MR) is 148 cm³/mol. The van der Waals surface area contributed by atoms with Crippen molar-refractivity contribution in [2.24, 2.45) is 5.41 Å². The third kappa shape index (κ3) is 5.19. The van der Waals surface area contributed by atoms with Crippen LogP contribution in [0.1, 0.15) is 61.6 Å². The molecule has 1 atom stereocenters. The Morgan fingerprint density at radius 1 is 0.951 bits per heavy atom. The van der Waals surface area contributed by atoms with E-state index in [2.05, 4.69) is 15.2 Å². The number of pyridine rings is 1. The van der Waals surface area contributed by atoms with E-state index >= 15 is 0 Å². The number of hydrogen-bond donors (Lipinski definition) is 2. The number of alkyl halides is 3. The minimum Gasteiger partial charge on any atom is -0.384 e. The van der Waals surface area contributed by atoms with Gasteiger partial charge in [0.1, 0.15) is 0 Å². The van der Waals surface area contributed by atoms with Crippen LogP contribution in [0.3, 0.4) is 0 Å². The summed E-state index contributed by atoms with van der Waals surface area (Å²) in [5, 5.41) is 15.6. The molecule has 216 valence electrons. The number of likely N-dealkylation sites (tertiary alicyclic amines) is 1. The SMILES string of the molecule is O=C1CCN(c2cnc3ccc(C4(O)CCN(Cc5ccc(C(F)(F)F)cc5)CC45CCCCC5)cc3c2)C(=O)N1. The first-order valence-electron chi connectivity index (χ1n) is 14.2. The molecule has 1 unspecified atom stereocenters. The molecule has 10 heteroatoms. The number of amides is 3. The van der Waals surface area contributed by atoms with E-state index in [9.17, 15) is 27.9 Å². The van der Waals surface area contributed by atoms with E-state index in [0.29, 0.717) is 31.7 Å². The van der Waals surface area contributed by atoms with Gasteiger partial charge in [0.25, 0.3) is 0 Å². The number of carbonyl (C=O) groups excluding carboxylic acids is 2. The number of aromatic nitrogens is 1. The van der Waals surface area contributed by atoms with Gasteiger partial charge in [-0.2, -0.15) is 13.2 Å². The number of nitrogens with one attached hydrogen (secondary N) is 1. The number of imide groups is 1. The molecule has 3 aliphatic rings. The van der Waals surface area contributed by atoms with E-state index in [0.717, 1.165) is 66.3 Å². The van der Waals surface area contributed by atoms with Crippen molar-refractivity contribution < 1.29 is 27.9 Å². The van der Waals surface area contributed by atoms with Crippen molar-refractivity contribution in [2.75, 3.05) is 24.5 Å². The van der Waals surface area contributed by atoms with Crippen LogP contribution in [0, 0.1) is 5.41 Å². The van der Waals surface area contributed by atoms with Crippen LogP contribution in [0.4, 0.5) is 23.7 Å². The van der Waals surface area contributed by atoms with Gasteiger partial charge in [-0.1, -0.05) is 37.5 Å². The largest absolute Gasteiger partial charge is 0.416 e. The molecule has 3 aromatic rings. The summed E-state index contributed by atoms with van der Waals surface area (Å²) in [7, 11) is 0. The van der Waals surface area contributed by atoms with Gasteiger partial charge >= 0.3 is 12.2 Å². The molecule has 1 spiro atoms. The molecule has 0 radical (unpaired) electrons. The monoisotopic (exact) mass is 566 g/mol. The zero-order valence-corrected chi connectivity index (χ0v) is 22.7. The van der Waals surface area contributed by atoms with Gasteiger partial charge in [0, 0.05) is 43.4 Å². The summed E-state index contributed by atoms with van der Waals surface area (Å²) < 4.78 is 39.1. The molecular weight excluding hydrogens is 533 g/mol. The van der Waals surface area contributed by atoms with Crippen LogP contribution in [-0.2, 0) is 23.1 Å². The molecule has 6 rings (SSSR count). The molecule has 7 nitrogen and oxygen atoms in total. The van der Waals surface area contributed by atoms with Crippen molar-refractivity contribution in [3.05, 3.63) is 71.4 Å². The number of aliphatic hydroxyl groups is 1. The van der Waals surface area contributed by atoms with Gasteiger partial charge in [0.2, 0.25) is 5.91 Å². The molecule has 41 heavy (non-hydrogen) atoms. The topological polar surface area (TPSA) is 85.8 Å². The Morgan fingerprint density at radius 3 is 2.41 bits per heavy atom. The highest BCUT2D eigenvalue weighted by molar-refractivity contribution is 6.06. The number of benzene rings is 2. The Morgan fingerprint density at radius 2 is 1.71 bits per heavy atom. The van der Waals surface area contributed by atoms with Gasteiger partial charge < -0.3 is 5.11 Å². The van der Waals surface area contributed by atoms with E-state index in [1.54, 1.807) is 18.3 Å². The fraction of sp³-hybridized carbons (Fsp3) is 0.452. The normalized spacial score (nSPS) is 23.7. The Kier molecular flexibility index (Phi) is 7.02. The van der Waals surface area contributed by atoms with Crippen LogP contribution in [0.25, 0.3) is 10.9 Å². The third-order valence-electron chi connectivity index (χ3n) is 9.20. The summed E-state index contributed by atoms with van der Waals surface area (Å²) in [5.74, 6) is -0.299. The molecule has 1 saturated carbocycles. The number of halogens is 3. The maximum atomic E-state index is 13.0. The van der Waals surface area contributed by atoms with Crippen molar-refractivity contribution in [1.29, 1.82) is 0 Å². The number of piperidine rings is 1. The van der Waals surface area contributed by atoms with E-state index in [4.69, 9.17) is 0 Å². The van der Waals surface area contributed by atoms with Crippen molar-refractivity contribution >= 4 is 28.5 Å². The number of fused-ring (bicyclic) bond motifs is 1. The van der Waals surface area contributed by atoms with Gasteiger partial charge in [0.15, 0.2) is 0 Å². The Bertz CT molecular complexity index is 1470. The average molecular weight is 567 g/mol. The highest BCUT2D eigenvalue weighted by Gasteiger charge is 2.54. The Balaban J connectivity index is 1.28. The summed E-state index contributed by atoms with van der Waals surface area (Å²) >= 11 is 0. The van der Waals surface area contributed by atoms with Gasteiger partial charge in [-0.15, -0.1) is 0 Å². The minimum atomic E-state index is -4.36. The van der Waals surface area contributed by atoms with Crippen LogP contribution in [-0.4, -0.2) is 46.6 Å². The first-order valence-corrected chi connectivity index (χ1v) is 14.2. The lowest BCUT2D eigenvalue weighted by Crippen LogP contribution is -2.58.